The van der Waals surface area contributed by atoms with Crippen LogP contribution in [0.15, 0.2) is 65.6 Å². The molecule has 0 saturated carbocycles. The maximum absolute atomic E-state index is 13.3. The van der Waals surface area contributed by atoms with Gasteiger partial charge in [-0.2, -0.15) is 8.42 Å². The molecule has 112 valence electrons. The van der Waals surface area contributed by atoms with Gasteiger partial charge in [0.2, 0.25) is 0 Å². The summed E-state index contributed by atoms with van der Waals surface area (Å²) >= 11 is 0. The van der Waals surface area contributed by atoms with Gasteiger partial charge in [-0.15, -0.1) is 0 Å². The number of halogens is 1. The summed E-state index contributed by atoms with van der Waals surface area (Å²) in [5.74, 6) is -0.423. The third-order valence-electron chi connectivity index (χ3n) is 3.35. The van der Waals surface area contributed by atoms with E-state index in [9.17, 15) is 12.8 Å². The largest absolute Gasteiger partial charge is 0.379 e. The summed E-state index contributed by atoms with van der Waals surface area (Å²) in [5.41, 5.74) is 0.433. The third-order valence-corrected chi connectivity index (χ3v) is 4.74. The minimum atomic E-state index is -4.08. The van der Waals surface area contributed by atoms with Gasteiger partial charge in [-0.25, -0.2) is 4.39 Å². The summed E-state index contributed by atoms with van der Waals surface area (Å²) in [5, 5.41) is 1.85. The number of benzene rings is 3. The van der Waals surface area contributed by atoms with Crippen molar-refractivity contribution in [1.82, 2.24) is 0 Å². The first-order valence-electron chi connectivity index (χ1n) is 6.65. The van der Waals surface area contributed by atoms with E-state index >= 15 is 0 Å². The van der Waals surface area contributed by atoms with Crippen LogP contribution in [-0.4, -0.2) is 8.42 Å². The molecule has 0 atom stereocenters. The van der Waals surface area contributed by atoms with Crippen LogP contribution in [0.25, 0.3) is 10.8 Å². The van der Waals surface area contributed by atoms with Crippen molar-refractivity contribution >= 4 is 20.9 Å². The molecular formula is C17H13FO3S. The highest BCUT2D eigenvalue weighted by Gasteiger charge is 2.20. The first kappa shape index (κ1) is 14.5. The van der Waals surface area contributed by atoms with Crippen LogP contribution in [0.1, 0.15) is 5.56 Å². The zero-order valence-corrected chi connectivity index (χ0v) is 12.6. The van der Waals surface area contributed by atoms with E-state index in [1.807, 2.05) is 24.3 Å². The van der Waals surface area contributed by atoms with Gasteiger partial charge in [0.1, 0.15) is 16.5 Å². The van der Waals surface area contributed by atoms with Crippen molar-refractivity contribution < 1.29 is 17.0 Å². The van der Waals surface area contributed by atoms with Crippen molar-refractivity contribution in [2.24, 2.45) is 0 Å². The Morgan fingerprint density at radius 1 is 0.909 bits per heavy atom. The topological polar surface area (TPSA) is 43.4 Å². The number of rotatable bonds is 3. The number of hydrogen-bond acceptors (Lipinski definition) is 3. The zero-order chi connectivity index (χ0) is 15.7. The molecule has 0 aliphatic heterocycles. The van der Waals surface area contributed by atoms with Crippen molar-refractivity contribution in [3.05, 3.63) is 72.0 Å². The Labute approximate surface area is 128 Å². The quantitative estimate of drug-likeness (QED) is 0.685. The fourth-order valence-corrected chi connectivity index (χ4v) is 3.40. The van der Waals surface area contributed by atoms with Crippen LogP contribution in [-0.2, 0) is 10.1 Å². The second-order valence-corrected chi connectivity index (χ2v) is 6.47. The third kappa shape index (κ3) is 2.80. The van der Waals surface area contributed by atoms with E-state index in [-0.39, 0.29) is 10.6 Å². The summed E-state index contributed by atoms with van der Waals surface area (Å²) in [6.07, 6.45) is 0. The van der Waals surface area contributed by atoms with E-state index in [0.717, 1.165) is 16.8 Å². The van der Waals surface area contributed by atoms with E-state index in [1.54, 1.807) is 25.1 Å². The first-order chi connectivity index (χ1) is 10.5. The minimum absolute atomic E-state index is 0.166. The molecule has 0 fully saturated rings. The molecule has 5 heteroatoms. The van der Waals surface area contributed by atoms with Gasteiger partial charge >= 0.3 is 10.1 Å². The molecule has 0 aliphatic carbocycles. The Morgan fingerprint density at radius 3 is 2.41 bits per heavy atom. The molecule has 0 spiro atoms. The maximum Gasteiger partial charge on any atom is 0.339 e. The molecule has 0 unspecified atom stereocenters. The Bertz CT molecular complexity index is 949. The Morgan fingerprint density at radius 2 is 1.64 bits per heavy atom. The molecule has 0 amide bonds. The molecule has 0 bridgehead atoms. The molecule has 0 aromatic heterocycles. The van der Waals surface area contributed by atoms with E-state index < -0.39 is 15.9 Å². The highest BCUT2D eigenvalue weighted by molar-refractivity contribution is 7.87. The Kier molecular flexibility index (Phi) is 3.58. The van der Waals surface area contributed by atoms with Gasteiger partial charge in [-0.1, -0.05) is 36.4 Å². The molecular weight excluding hydrogens is 303 g/mol. The van der Waals surface area contributed by atoms with Gasteiger partial charge in [0, 0.05) is 0 Å². The molecule has 3 aromatic rings. The minimum Gasteiger partial charge on any atom is -0.379 e. The lowest BCUT2D eigenvalue weighted by molar-refractivity contribution is 0.484. The van der Waals surface area contributed by atoms with Gasteiger partial charge in [0.05, 0.1) is 0 Å². The van der Waals surface area contributed by atoms with E-state index in [4.69, 9.17) is 4.18 Å². The van der Waals surface area contributed by atoms with Crippen LogP contribution in [0.2, 0.25) is 0 Å². The molecule has 3 rings (SSSR count). The lowest BCUT2D eigenvalue weighted by Crippen LogP contribution is -2.11. The van der Waals surface area contributed by atoms with Crippen LogP contribution in [0.3, 0.4) is 0 Å². The molecule has 0 saturated heterocycles. The Balaban J connectivity index is 2.01. The summed E-state index contributed by atoms with van der Waals surface area (Å²) in [6.45, 7) is 1.59. The van der Waals surface area contributed by atoms with E-state index in [0.29, 0.717) is 5.56 Å². The predicted molar refractivity (Wildman–Crippen MR) is 82.9 cm³/mol. The monoisotopic (exact) mass is 316 g/mol. The standard InChI is InChI=1S/C17H13FO3S/c1-12-6-8-15(18)11-17(12)22(19,20)21-16-9-7-13-4-2-3-5-14(13)10-16/h2-11H,1H3. The second kappa shape index (κ2) is 5.42. The summed E-state index contributed by atoms with van der Waals surface area (Å²) in [6, 6.07) is 16.1. The molecule has 0 N–H and O–H groups in total. The van der Waals surface area contributed by atoms with Gasteiger partial charge in [-0.05, 0) is 47.5 Å². The van der Waals surface area contributed by atoms with Crippen LogP contribution >= 0.6 is 0 Å². The van der Waals surface area contributed by atoms with E-state index in [2.05, 4.69) is 0 Å². The summed E-state index contributed by atoms with van der Waals surface area (Å²) in [4.78, 5) is -0.166. The Hall–Kier alpha value is -2.40. The zero-order valence-electron chi connectivity index (χ0n) is 11.8. The molecule has 3 nitrogen and oxygen atoms in total. The smallest absolute Gasteiger partial charge is 0.339 e. The summed E-state index contributed by atoms with van der Waals surface area (Å²) in [7, 11) is -4.08. The average molecular weight is 316 g/mol. The normalized spacial score (nSPS) is 11.5. The fraction of sp³-hybridized carbons (Fsp3) is 0.0588. The van der Waals surface area contributed by atoms with E-state index in [1.165, 1.54) is 12.1 Å². The van der Waals surface area contributed by atoms with Crippen molar-refractivity contribution in [3.63, 3.8) is 0 Å². The summed E-state index contributed by atoms with van der Waals surface area (Å²) < 4.78 is 43.1. The van der Waals surface area contributed by atoms with Crippen molar-refractivity contribution in [2.45, 2.75) is 11.8 Å². The lowest BCUT2D eigenvalue weighted by Gasteiger charge is -2.10. The second-order valence-electron chi connectivity index (χ2n) is 4.96. The average Bonchev–Trinajstić information content (AvgIpc) is 2.49. The van der Waals surface area contributed by atoms with Crippen LogP contribution in [0.5, 0.6) is 5.75 Å². The molecule has 22 heavy (non-hydrogen) atoms. The van der Waals surface area contributed by atoms with Crippen LogP contribution in [0, 0.1) is 12.7 Å². The van der Waals surface area contributed by atoms with Crippen molar-refractivity contribution in [2.75, 3.05) is 0 Å². The van der Waals surface area contributed by atoms with Gasteiger partial charge in [-0.3, -0.25) is 0 Å². The molecule has 0 heterocycles. The first-order valence-corrected chi connectivity index (χ1v) is 8.06. The fourth-order valence-electron chi connectivity index (χ4n) is 2.23. The van der Waals surface area contributed by atoms with Gasteiger partial charge < -0.3 is 4.18 Å². The number of fused-ring (bicyclic) bond motifs is 1. The maximum atomic E-state index is 13.3. The van der Waals surface area contributed by atoms with Crippen molar-refractivity contribution in [1.29, 1.82) is 0 Å². The van der Waals surface area contributed by atoms with Crippen molar-refractivity contribution in [3.8, 4) is 5.75 Å². The number of aryl methyl sites for hydroxylation is 1. The van der Waals surface area contributed by atoms with Gasteiger partial charge in [0.25, 0.3) is 0 Å². The molecule has 0 radical (unpaired) electrons. The molecule has 3 aromatic carbocycles. The highest BCUT2D eigenvalue weighted by Crippen LogP contribution is 2.25. The van der Waals surface area contributed by atoms with Crippen LogP contribution in [0.4, 0.5) is 4.39 Å². The van der Waals surface area contributed by atoms with Gasteiger partial charge in [0.15, 0.2) is 0 Å². The molecule has 0 aliphatic rings. The number of hydrogen-bond donors (Lipinski definition) is 0. The predicted octanol–water partition coefficient (Wildman–Crippen LogP) is 4.06. The lowest BCUT2D eigenvalue weighted by atomic mass is 10.1. The van der Waals surface area contributed by atoms with Crippen LogP contribution < -0.4 is 4.18 Å². The highest BCUT2D eigenvalue weighted by atomic mass is 32.2. The SMILES string of the molecule is Cc1ccc(F)cc1S(=O)(=O)Oc1ccc2ccccc2c1.